The third-order valence-electron chi connectivity index (χ3n) is 3.31. The van der Waals surface area contributed by atoms with Crippen LogP contribution < -0.4 is 5.32 Å². The molecule has 104 valence electrons. The molecule has 5 nitrogen and oxygen atoms in total. The van der Waals surface area contributed by atoms with E-state index in [1.165, 1.54) is 12.8 Å². The van der Waals surface area contributed by atoms with Crippen LogP contribution in [0.25, 0.3) is 0 Å². The number of aliphatic hydroxyl groups is 1. The zero-order valence-corrected chi connectivity index (χ0v) is 11.5. The Kier molecular flexibility index (Phi) is 3.82. The zero-order valence-electron chi connectivity index (χ0n) is 11.5. The molecule has 1 heterocycles. The van der Waals surface area contributed by atoms with Crippen LogP contribution in [-0.4, -0.2) is 53.5 Å². The highest BCUT2D eigenvalue weighted by Crippen LogP contribution is 2.28. The fourth-order valence-corrected chi connectivity index (χ4v) is 2.10. The highest BCUT2D eigenvalue weighted by Gasteiger charge is 2.36. The molecule has 0 spiro atoms. The lowest BCUT2D eigenvalue weighted by molar-refractivity contribution is 0.0270. The molecule has 2 atom stereocenters. The van der Waals surface area contributed by atoms with Gasteiger partial charge in [0.25, 0.3) is 0 Å². The number of hydrogen-bond donors (Lipinski definition) is 2. The number of rotatable bonds is 3. The molecule has 1 amide bonds. The Balaban J connectivity index is 1.79. The molecule has 2 aliphatic rings. The van der Waals surface area contributed by atoms with Gasteiger partial charge in [-0.15, -0.1) is 0 Å². The van der Waals surface area contributed by atoms with Gasteiger partial charge in [0.1, 0.15) is 5.60 Å². The Hall–Kier alpha value is -0.810. The van der Waals surface area contributed by atoms with E-state index in [-0.39, 0.29) is 12.1 Å². The molecule has 0 radical (unpaired) electrons. The van der Waals surface area contributed by atoms with Crippen LogP contribution in [0.5, 0.6) is 0 Å². The van der Waals surface area contributed by atoms with Crippen molar-refractivity contribution in [3.8, 4) is 0 Å². The molecule has 2 rings (SSSR count). The van der Waals surface area contributed by atoms with Gasteiger partial charge >= 0.3 is 6.09 Å². The second kappa shape index (κ2) is 5.05. The molecule has 0 aromatic carbocycles. The molecule has 0 unspecified atom stereocenters. The Morgan fingerprint density at radius 1 is 1.39 bits per heavy atom. The Labute approximate surface area is 108 Å². The molecule has 5 heteroatoms. The van der Waals surface area contributed by atoms with Crippen molar-refractivity contribution >= 4 is 6.09 Å². The topological polar surface area (TPSA) is 61.8 Å². The van der Waals surface area contributed by atoms with Crippen LogP contribution in [-0.2, 0) is 4.74 Å². The number of aliphatic hydroxyl groups excluding tert-OH is 1. The highest BCUT2D eigenvalue weighted by molar-refractivity contribution is 5.68. The van der Waals surface area contributed by atoms with Gasteiger partial charge in [-0.25, -0.2) is 4.79 Å². The lowest BCUT2D eigenvalue weighted by atomic mass is 10.2. The average molecular weight is 256 g/mol. The van der Waals surface area contributed by atoms with E-state index >= 15 is 0 Å². The zero-order chi connectivity index (χ0) is 13.3. The average Bonchev–Trinajstić information content (AvgIpc) is 2.97. The van der Waals surface area contributed by atoms with Crippen LogP contribution >= 0.6 is 0 Å². The van der Waals surface area contributed by atoms with Gasteiger partial charge in [0, 0.05) is 6.54 Å². The van der Waals surface area contributed by atoms with Gasteiger partial charge in [-0.2, -0.15) is 0 Å². The normalized spacial score (nSPS) is 28.6. The van der Waals surface area contributed by atoms with E-state index in [2.05, 4.69) is 5.32 Å². The fraction of sp³-hybridized carbons (Fsp3) is 0.923. The maximum absolute atomic E-state index is 11.9. The molecular formula is C13H24N2O3. The summed E-state index contributed by atoms with van der Waals surface area (Å²) in [4.78, 5) is 13.5. The molecule has 1 aliphatic carbocycles. The summed E-state index contributed by atoms with van der Waals surface area (Å²) >= 11 is 0. The van der Waals surface area contributed by atoms with E-state index < -0.39 is 11.7 Å². The maximum atomic E-state index is 11.9. The first-order valence-corrected chi connectivity index (χ1v) is 6.74. The minimum atomic E-state index is -0.490. The van der Waals surface area contributed by atoms with E-state index in [1.54, 1.807) is 4.90 Å². The number of nitrogens with one attached hydrogen (secondary N) is 1. The van der Waals surface area contributed by atoms with E-state index in [1.807, 2.05) is 20.8 Å². The molecule has 1 saturated heterocycles. The van der Waals surface area contributed by atoms with Gasteiger partial charge in [0.15, 0.2) is 0 Å². The van der Waals surface area contributed by atoms with Crippen LogP contribution in [0.3, 0.4) is 0 Å². The summed E-state index contributed by atoms with van der Waals surface area (Å²) in [5.74, 6) is 0.771. The molecule has 0 aromatic heterocycles. The van der Waals surface area contributed by atoms with Crippen LogP contribution in [0.2, 0.25) is 0 Å². The smallest absolute Gasteiger partial charge is 0.410 e. The molecule has 1 aliphatic heterocycles. The van der Waals surface area contributed by atoms with Gasteiger partial charge in [-0.05, 0) is 46.1 Å². The van der Waals surface area contributed by atoms with Crippen molar-refractivity contribution in [2.45, 2.75) is 51.4 Å². The summed E-state index contributed by atoms with van der Waals surface area (Å²) in [5, 5.41) is 13.3. The number of carbonyl (C=O) groups excluding carboxylic acids is 1. The predicted octanol–water partition coefficient (Wildman–Crippen LogP) is 0.966. The van der Waals surface area contributed by atoms with Gasteiger partial charge in [-0.3, -0.25) is 0 Å². The summed E-state index contributed by atoms with van der Waals surface area (Å²) in [6.45, 7) is 7.38. The quantitative estimate of drug-likeness (QED) is 0.790. The number of β-amino-alcohol motifs (C(OH)–C–C–N with tert-alkyl or cyclic N) is 1. The number of hydrogen-bond acceptors (Lipinski definition) is 4. The second-order valence-electron chi connectivity index (χ2n) is 6.41. The van der Waals surface area contributed by atoms with Crippen molar-refractivity contribution in [1.82, 2.24) is 10.2 Å². The maximum Gasteiger partial charge on any atom is 0.410 e. The Morgan fingerprint density at radius 3 is 2.61 bits per heavy atom. The third kappa shape index (κ3) is 3.85. The van der Waals surface area contributed by atoms with E-state index in [0.717, 1.165) is 12.5 Å². The first kappa shape index (κ1) is 13.6. The summed E-state index contributed by atoms with van der Waals surface area (Å²) in [6, 6.07) is -0.0156. The minimum Gasteiger partial charge on any atom is -0.444 e. The molecule has 0 bridgehead atoms. The van der Waals surface area contributed by atoms with Crippen LogP contribution in [0.1, 0.15) is 33.6 Å². The van der Waals surface area contributed by atoms with Crippen LogP contribution in [0.15, 0.2) is 0 Å². The second-order valence-corrected chi connectivity index (χ2v) is 6.41. The van der Waals surface area contributed by atoms with E-state index in [0.29, 0.717) is 13.1 Å². The molecule has 2 fully saturated rings. The monoisotopic (exact) mass is 256 g/mol. The number of likely N-dealkylation sites (tertiary alicyclic amines) is 1. The number of amides is 1. The van der Waals surface area contributed by atoms with Gasteiger partial charge in [-0.1, -0.05) is 0 Å². The number of carbonyl (C=O) groups is 1. The minimum absolute atomic E-state index is 0.0156. The van der Waals surface area contributed by atoms with Gasteiger partial charge in [0.2, 0.25) is 0 Å². The standard InChI is InChI=1S/C13H24N2O3/c1-13(2,3)18-12(17)15-7-10(11(16)8-15)14-6-9-4-5-9/h9-11,14,16H,4-8H2,1-3H3/t10-,11-/m1/s1. The van der Waals surface area contributed by atoms with Crippen molar-refractivity contribution in [2.24, 2.45) is 5.92 Å². The SMILES string of the molecule is CC(C)(C)OC(=O)N1C[C@@H](O)[C@H](NCC2CC2)C1. The van der Waals surface area contributed by atoms with Crippen molar-refractivity contribution < 1.29 is 14.6 Å². The molecule has 2 N–H and O–H groups in total. The highest BCUT2D eigenvalue weighted by atomic mass is 16.6. The van der Waals surface area contributed by atoms with Gasteiger partial charge in [0.05, 0.1) is 18.7 Å². The summed E-state index contributed by atoms with van der Waals surface area (Å²) in [5.41, 5.74) is -0.485. The van der Waals surface area contributed by atoms with E-state index in [4.69, 9.17) is 4.74 Å². The molecule has 0 aromatic rings. The van der Waals surface area contributed by atoms with E-state index in [9.17, 15) is 9.90 Å². The molecular weight excluding hydrogens is 232 g/mol. The summed E-state index contributed by atoms with van der Waals surface area (Å²) in [7, 11) is 0. The third-order valence-corrected chi connectivity index (χ3v) is 3.31. The largest absolute Gasteiger partial charge is 0.444 e. The Morgan fingerprint density at radius 2 is 2.06 bits per heavy atom. The lowest BCUT2D eigenvalue weighted by Crippen LogP contribution is -2.40. The fourth-order valence-electron chi connectivity index (χ4n) is 2.10. The first-order valence-electron chi connectivity index (χ1n) is 6.74. The van der Waals surface area contributed by atoms with Crippen molar-refractivity contribution in [2.75, 3.05) is 19.6 Å². The van der Waals surface area contributed by atoms with Crippen LogP contribution in [0.4, 0.5) is 4.79 Å². The summed E-state index contributed by atoms with van der Waals surface area (Å²) in [6.07, 6.45) is 1.74. The number of ether oxygens (including phenoxy) is 1. The predicted molar refractivity (Wildman–Crippen MR) is 68.3 cm³/mol. The Bertz CT molecular complexity index is 310. The molecule has 1 saturated carbocycles. The van der Waals surface area contributed by atoms with Gasteiger partial charge < -0.3 is 20.1 Å². The van der Waals surface area contributed by atoms with Crippen molar-refractivity contribution in [1.29, 1.82) is 0 Å². The number of nitrogens with zero attached hydrogens (tertiary/aromatic N) is 1. The summed E-state index contributed by atoms with van der Waals surface area (Å²) < 4.78 is 5.30. The molecule has 18 heavy (non-hydrogen) atoms. The van der Waals surface area contributed by atoms with Crippen LogP contribution in [0, 0.1) is 5.92 Å². The van der Waals surface area contributed by atoms with Crippen molar-refractivity contribution in [3.63, 3.8) is 0 Å². The van der Waals surface area contributed by atoms with Crippen molar-refractivity contribution in [3.05, 3.63) is 0 Å². The first-order chi connectivity index (χ1) is 8.35. The lowest BCUT2D eigenvalue weighted by Gasteiger charge is -2.24.